The van der Waals surface area contributed by atoms with Crippen molar-refractivity contribution < 1.29 is 14.4 Å². The van der Waals surface area contributed by atoms with Crippen LogP contribution >= 0.6 is 27.7 Å². The molecule has 1 unspecified atom stereocenters. The van der Waals surface area contributed by atoms with Crippen molar-refractivity contribution in [2.75, 3.05) is 11.1 Å². The minimum absolute atomic E-state index is 0.103. The Balaban J connectivity index is 1.64. The van der Waals surface area contributed by atoms with Gasteiger partial charge in [0.2, 0.25) is 11.8 Å². The van der Waals surface area contributed by atoms with E-state index in [-0.39, 0.29) is 24.1 Å². The summed E-state index contributed by atoms with van der Waals surface area (Å²) in [5.41, 5.74) is 1.71. The molecule has 1 atom stereocenters. The second kappa shape index (κ2) is 9.04. The number of carbonyl (C=O) groups is 3. The molecule has 26 heavy (non-hydrogen) atoms. The highest BCUT2D eigenvalue weighted by molar-refractivity contribution is 9.09. The van der Waals surface area contributed by atoms with Crippen molar-refractivity contribution in [1.82, 2.24) is 10.2 Å². The number of imide groups is 1. The summed E-state index contributed by atoms with van der Waals surface area (Å²) in [6.07, 6.45) is 5.51. The Kier molecular flexibility index (Phi) is 6.75. The smallest absolute Gasteiger partial charge is 0.255 e. The maximum absolute atomic E-state index is 12.8. The van der Waals surface area contributed by atoms with Crippen LogP contribution < -0.4 is 5.32 Å². The summed E-state index contributed by atoms with van der Waals surface area (Å²) >= 11 is 5.24. The van der Waals surface area contributed by atoms with E-state index in [0.29, 0.717) is 18.5 Å². The standard InChI is InChI=1S/C19H23BrN2O3S/c20-10-3-1-2-4-11-26-16-7-5-6-13-14(16)12-22(19(13)25)15-8-9-17(23)21-18(15)24/h5-7,15H,1-4,8-12H2,(H,21,23,24). The summed E-state index contributed by atoms with van der Waals surface area (Å²) in [5, 5.41) is 3.41. The van der Waals surface area contributed by atoms with Gasteiger partial charge in [-0.25, -0.2) is 0 Å². The molecule has 0 saturated carbocycles. The van der Waals surface area contributed by atoms with Gasteiger partial charge in [0.05, 0.1) is 0 Å². The highest BCUT2D eigenvalue weighted by Gasteiger charge is 2.39. The number of nitrogens with one attached hydrogen (secondary N) is 1. The van der Waals surface area contributed by atoms with Gasteiger partial charge in [0.1, 0.15) is 6.04 Å². The Hall–Kier alpha value is -1.34. The van der Waals surface area contributed by atoms with E-state index < -0.39 is 6.04 Å². The SMILES string of the molecule is O=C1CCC(N2Cc3c(SCCCCCCBr)cccc3C2=O)C(=O)N1. The van der Waals surface area contributed by atoms with Gasteiger partial charge in [-0.3, -0.25) is 19.7 Å². The first-order valence-corrected chi connectivity index (χ1v) is 11.2. The number of carbonyl (C=O) groups excluding carboxylic acids is 3. The monoisotopic (exact) mass is 438 g/mol. The van der Waals surface area contributed by atoms with Gasteiger partial charge in [-0.1, -0.05) is 34.8 Å². The maximum atomic E-state index is 12.8. The van der Waals surface area contributed by atoms with Crippen LogP contribution in [0.1, 0.15) is 54.4 Å². The predicted molar refractivity (Wildman–Crippen MR) is 105 cm³/mol. The number of benzene rings is 1. The molecule has 7 heteroatoms. The number of thioether (sulfide) groups is 1. The van der Waals surface area contributed by atoms with Gasteiger partial charge in [0, 0.05) is 28.8 Å². The quantitative estimate of drug-likeness (QED) is 0.292. The van der Waals surface area contributed by atoms with Gasteiger partial charge in [-0.2, -0.15) is 0 Å². The number of piperidine rings is 1. The van der Waals surface area contributed by atoms with Gasteiger partial charge in [-0.05, 0) is 42.7 Å². The molecule has 2 aliphatic heterocycles. The van der Waals surface area contributed by atoms with Crippen LogP contribution in [-0.4, -0.2) is 39.7 Å². The van der Waals surface area contributed by atoms with Crippen molar-refractivity contribution in [3.63, 3.8) is 0 Å². The zero-order valence-corrected chi connectivity index (χ0v) is 17.0. The number of hydrogen-bond acceptors (Lipinski definition) is 4. The van der Waals surface area contributed by atoms with Gasteiger partial charge in [0.15, 0.2) is 0 Å². The van der Waals surface area contributed by atoms with Crippen LogP contribution in [0.25, 0.3) is 0 Å². The van der Waals surface area contributed by atoms with E-state index >= 15 is 0 Å². The van der Waals surface area contributed by atoms with Crippen LogP contribution in [0.5, 0.6) is 0 Å². The van der Waals surface area contributed by atoms with E-state index in [2.05, 4.69) is 27.3 Å². The Morgan fingerprint density at radius 2 is 1.96 bits per heavy atom. The molecule has 1 aromatic rings. The number of hydrogen-bond donors (Lipinski definition) is 1. The van der Waals surface area contributed by atoms with Gasteiger partial charge in [0.25, 0.3) is 5.91 Å². The van der Waals surface area contributed by atoms with Crippen molar-refractivity contribution in [3.05, 3.63) is 29.3 Å². The van der Waals surface area contributed by atoms with Crippen LogP contribution in [0.15, 0.2) is 23.1 Å². The molecule has 3 rings (SSSR count). The predicted octanol–water partition coefficient (Wildman–Crippen LogP) is 3.50. The number of nitrogens with zero attached hydrogens (tertiary/aromatic N) is 1. The molecule has 0 aromatic heterocycles. The highest BCUT2D eigenvalue weighted by Crippen LogP contribution is 2.34. The van der Waals surface area contributed by atoms with Crippen LogP contribution in [-0.2, 0) is 16.1 Å². The average Bonchev–Trinajstić information content (AvgIpc) is 2.96. The molecular weight excluding hydrogens is 416 g/mol. The summed E-state index contributed by atoms with van der Waals surface area (Å²) in [6.45, 7) is 0.452. The highest BCUT2D eigenvalue weighted by atomic mass is 79.9. The Bertz CT molecular complexity index is 710. The van der Waals surface area contributed by atoms with Crippen molar-refractivity contribution >= 4 is 45.4 Å². The van der Waals surface area contributed by atoms with Gasteiger partial charge in [-0.15, -0.1) is 11.8 Å². The molecule has 2 aliphatic rings. The van der Waals surface area contributed by atoms with Crippen molar-refractivity contribution in [3.8, 4) is 0 Å². The second-order valence-electron chi connectivity index (χ2n) is 6.63. The molecule has 5 nitrogen and oxygen atoms in total. The fourth-order valence-corrected chi connectivity index (χ4v) is 4.91. The lowest BCUT2D eigenvalue weighted by molar-refractivity contribution is -0.136. The van der Waals surface area contributed by atoms with E-state index in [1.165, 1.54) is 19.3 Å². The molecule has 140 valence electrons. The zero-order valence-electron chi connectivity index (χ0n) is 14.6. The summed E-state index contributed by atoms with van der Waals surface area (Å²) in [6, 6.07) is 5.26. The zero-order chi connectivity index (χ0) is 18.5. The van der Waals surface area contributed by atoms with E-state index in [4.69, 9.17) is 0 Å². The first kappa shape index (κ1) is 19.4. The molecule has 0 bridgehead atoms. The maximum Gasteiger partial charge on any atom is 0.255 e. The van der Waals surface area contributed by atoms with Gasteiger partial charge >= 0.3 is 0 Å². The molecule has 2 heterocycles. The third-order valence-corrected chi connectivity index (χ3v) is 6.57. The molecule has 0 spiro atoms. The normalized spacial score (nSPS) is 19.7. The fraction of sp³-hybridized carbons (Fsp3) is 0.526. The van der Waals surface area contributed by atoms with Crippen molar-refractivity contribution in [1.29, 1.82) is 0 Å². The van der Waals surface area contributed by atoms with E-state index in [1.807, 2.05) is 12.1 Å². The van der Waals surface area contributed by atoms with Crippen LogP contribution in [0.4, 0.5) is 0 Å². The molecule has 1 saturated heterocycles. The van der Waals surface area contributed by atoms with Gasteiger partial charge < -0.3 is 4.90 Å². The number of rotatable bonds is 8. The van der Waals surface area contributed by atoms with E-state index in [1.54, 1.807) is 16.7 Å². The first-order chi connectivity index (χ1) is 12.6. The third-order valence-electron chi connectivity index (χ3n) is 4.82. The minimum Gasteiger partial charge on any atom is -0.322 e. The Morgan fingerprint density at radius 3 is 2.73 bits per heavy atom. The number of amides is 3. The molecule has 1 aromatic carbocycles. The van der Waals surface area contributed by atoms with Crippen molar-refractivity contribution in [2.24, 2.45) is 0 Å². The first-order valence-electron chi connectivity index (χ1n) is 9.07. The molecule has 0 aliphatic carbocycles. The number of halogens is 1. The second-order valence-corrected chi connectivity index (χ2v) is 8.56. The molecule has 1 fully saturated rings. The Labute approximate surface area is 166 Å². The van der Waals surface area contributed by atoms with E-state index in [0.717, 1.165) is 28.0 Å². The summed E-state index contributed by atoms with van der Waals surface area (Å²) < 4.78 is 0. The summed E-state index contributed by atoms with van der Waals surface area (Å²) in [5.74, 6) is 0.315. The molecule has 0 radical (unpaired) electrons. The molecular formula is C19H23BrN2O3S. The van der Waals surface area contributed by atoms with E-state index in [9.17, 15) is 14.4 Å². The number of fused-ring (bicyclic) bond motifs is 1. The molecule has 1 N–H and O–H groups in total. The number of unbranched alkanes of at least 4 members (excludes halogenated alkanes) is 3. The van der Waals surface area contributed by atoms with Crippen LogP contribution in [0, 0.1) is 0 Å². The topological polar surface area (TPSA) is 66.5 Å². The largest absolute Gasteiger partial charge is 0.322 e. The van der Waals surface area contributed by atoms with Crippen molar-refractivity contribution in [2.45, 2.75) is 56.0 Å². The minimum atomic E-state index is -0.547. The lowest BCUT2D eigenvalue weighted by Crippen LogP contribution is -2.52. The average molecular weight is 439 g/mol. The van der Waals surface area contributed by atoms with Crippen LogP contribution in [0.3, 0.4) is 0 Å². The number of alkyl halides is 1. The third kappa shape index (κ3) is 4.31. The summed E-state index contributed by atoms with van der Waals surface area (Å²) in [7, 11) is 0. The lowest BCUT2D eigenvalue weighted by Gasteiger charge is -2.29. The Morgan fingerprint density at radius 1 is 1.15 bits per heavy atom. The summed E-state index contributed by atoms with van der Waals surface area (Å²) in [4.78, 5) is 39.0. The fourth-order valence-electron chi connectivity index (χ4n) is 3.42. The molecule has 3 amide bonds. The lowest BCUT2D eigenvalue weighted by atomic mass is 10.0. The van der Waals surface area contributed by atoms with Crippen LogP contribution in [0.2, 0.25) is 0 Å².